The van der Waals surface area contributed by atoms with Crippen LogP contribution < -0.4 is 10.6 Å². The minimum Gasteiger partial charge on any atom is -0.348 e. The number of amides is 2. The van der Waals surface area contributed by atoms with Crippen molar-refractivity contribution in [1.82, 2.24) is 15.1 Å². The van der Waals surface area contributed by atoms with Gasteiger partial charge >= 0.3 is 0 Å². The van der Waals surface area contributed by atoms with Crippen molar-refractivity contribution < 1.29 is 18.4 Å². The van der Waals surface area contributed by atoms with E-state index in [0.717, 1.165) is 35.4 Å². The van der Waals surface area contributed by atoms with E-state index in [1.54, 1.807) is 18.2 Å². The number of rotatable bonds is 3. The molecule has 1 aromatic heterocycles. The van der Waals surface area contributed by atoms with E-state index in [1.807, 2.05) is 0 Å². The molecule has 0 unspecified atom stereocenters. The predicted octanol–water partition coefficient (Wildman–Crippen LogP) is 3.13. The largest absolute Gasteiger partial charge is 0.348 e. The Morgan fingerprint density at radius 2 is 1.97 bits per heavy atom. The average Bonchev–Trinajstić information content (AvgIpc) is 3.40. The van der Waals surface area contributed by atoms with E-state index in [4.69, 9.17) is 0 Å². The number of carbonyl (C=O) groups is 2. The summed E-state index contributed by atoms with van der Waals surface area (Å²) in [5.74, 6) is -2.47. The van der Waals surface area contributed by atoms with Gasteiger partial charge in [0.25, 0.3) is 11.8 Å². The van der Waals surface area contributed by atoms with Gasteiger partial charge in [-0.05, 0) is 49.1 Å². The fourth-order valence-electron chi connectivity index (χ4n) is 3.93. The number of hydrogen-bond acceptors (Lipinski definition) is 3. The van der Waals surface area contributed by atoms with Crippen molar-refractivity contribution >= 4 is 17.5 Å². The third-order valence-corrected chi connectivity index (χ3v) is 5.34. The van der Waals surface area contributed by atoms with Crippen LogP contribution in [0.4, 0.5) is 14.5 Å². The summed E-state index contributed by atoms with van der Waals surface area (Å²) < 4.78 is 28.5. The van der Waals surface area contributed by atoms with Gasteiger partial charge in [-0.1, -0.05) is 6.07 Å². The Labute approximate surface area is 164 Å². The first kappa shape index (κ1) is 17.5. The standard InChI is InChI=1S/C21H16F2N4O2/c22-16-7-6-13(9-17(16)23)27-18-3-1-2-14(18)19(26-27)21(29)25-12-5-4-11-10-24-20(28)15(11)8-12/h4-9H,1-3,10H2,(H,24,28)(H,25,29). The second-order valence-corrected chi connectivity index (χ2v) is 7.15. The summed E-state index contributed by atoms with van der Waals surface area (Å²) in [6, 6.07) is 8.73. The number of fused-ring (bicyclic) bond motifs is 2. The van der Waals surface area contributed by atoms with Crippen molar-refractivity contribution in [2.75, 3.05) is 5.32 Å². The number of hydrogen-bond donors (Lipinski definition) is 2. The van der Waals surface area contributed by atoms with Gasteiger partial charge in [0.2, 0.25) is 0 Å². The van der Waals surface area contributed by atoms with Gasteiger partial charge in [0.1, 0.15) is 0 Å². The van der Waals surface area contributed by atoms with Crippen LogP contribution in [0.5, 0.6) is 0 Å². The second-order valence-electron chi connectivity index (χ2n) is 7.15. The fraction of sp³-hybridized carbons (Fsp3) is 0.190. The molecule has 0 saturated carbocycles. The Morgan fingerprint density at radius 1 is 1.10 bits per heavy atom. The number of nitrogens with one attached hydrogen (secondary N) is 2. The number of carbonyl (C=O) groups excluding carboxylic acids is 2. The van der Waals surface area contributed by atoms with Crippen LogP contribution >= 0.6 is 0 Å². The molecule has 1 aliphatic carbocycles. The van der Waals surface area contributed by atoms with Crippen molar-refractivity contribution in [3.63, 3.8) is 0 Å². The highest BCUT2D eigenvalue weighted by Gasteiger charge is 2.28. The van der Waals surface area contributed by atoms with E-state index in [2.05, 4.69) is 15.7 Å². The molecule has 6 nitrogen and oxygen atoms in total. The van der Waals surface area contributed by atoms with Gasteiger partial charge in [0.05, 0.1) is 5.69 Å². The number of nitrogens with zero attached hydrogens (tertiary/aromatic N) is 2. The van der Waals surface area contributed by atoms with Gasteiger partial charge < -0.3 is 10.6 Å². The van der Waals surface area contributed by atoms with E-state index in [1.165, 1.54) is 10.7 Å². The zero-order chi connectivity index (χ0) is 20.1. The summed E-state index contributed by atoms with van der Waals surface area (Å²) in [6.45, 7) is 0.481. The van der Waals surface area contributed by atoms with Crippen LogP contribution in [0.15, 0.2) is 36.4 Å². The van der Waals surface area contributed by atoms with Crippen LogP contribution in [-0.2, 0) is 19.4 Å². The van der Waals surface area contributed by atoms with Crippen LogP contribution in [0, 0.1) is 11.6 Å². The Kier molecular flexibility index (Phi) is 3.94. The molecule has 0 atom stereocenters. The molecule has 2 N–H and O–H groups in total. The lowest BCUT2D eigenvalue weighted by Gasteiger charge is -2.07. The van der Waals surface area contributed by atoms with Crippen molar-refractivity contribution in [2.45, 2.75) is 25.8 Å². The fourth-order valence-corrected chi connectivity index (χ4v) is 3.93. The summed E-state index contributed by atoms with van der Waals surface area (Å²) in [6.07, 6.45) is 2.25. The molecule has 0 saturated heterocycles. The predicted molar refractivity (Wildman–Crippen MR) is 101 cm³/mol. The molecule has 5 rings (SSSR count). The molecule has 0 radical (unpaired) electrons. The molecule has 0 fully saturated rings. The molecule has 0 bridgehead atoms. The maximum absolute atomic E-state index is 13.7. The minimum atomic E-state index is -0.966. The van der Waals surface area contributed by atoms with Gasteiger partial charge in [-0.2, -0.15) is 5.10 Å². The number of anilines is 1. The van der Waals surface area contributed by atoms with Crippen molar-refractivity contribution in [3.05, 3.63) is 76.1 Å². The molecular weight excluding hydrogens is 378 g/mol. The second kappa shape index (κ2) is 6.51. The Hall–Kier alpha value is -3.55. The summed E-state index contributed by atoms with van der Waals surface area (Å²) in [4.78, 5) is 24.7. The lowest BCUT2D eigenvalue weighted by atomic mass is 10.1. The molecule has 2 aromatic carbocycles. The lowest BCUT2D eigenvalue weighted by molar-refractivity contribution is 0.0964. The van der Waals surface area contributed by atoms with Crippen LogP contribution in [0.3, 0.4) is 0 Å². The SMILES string of the molecule is O=C1NCc2ccc(NC(=O)c3nn(-c4ccc(F)c(F)c4)c4c3CCC4)cc21. The summed E-state index contributed by atoms with van der Waals surface area (Å²) in [7, 11) is 0. The van der Waals surface area contributed by atoms with Gasteiger partial charge in [-0.15, -0.1) is 0 Å². The Morgan fingerprint density at radius 3 is 2.79 bits per heavy atom. The average molecular weight is 394 g/mol. The first-order chi connectivity index (χ1) is 14.0. The molecule has 0 spiro atoms. The molecule has 2 heterocycles. The highest BCUT2D eigenvalue weighted by molar-refractivity contribution is 6.05. The van der Waals surface area contributed by atoms with Crippen LogP contribution in [-0.4, -0.2) is 21.6 Å². The molecule has 2 aliphatic rings. The van der Waals surface area contributed by atoms with Crippen molar-refractivity contribution in [2.24, 2.45) is 0 Å². The summed E-state index contributed by atoms with van der Waals surface area (Å²) in [5, 5.41) is 9.92. The maximum atomic E-state index is 13.7. The molecular formula is C21H16F2N4O2. The maximum Gasteiger partial charge on any atom is 0.276 e. The highest BCUT2D eigenvalue weighted by Crippen LogP contribution is 2.29. The normalized spacial score (nSPS) is 14.5. The topological polar surface area (TPSA) is 76.0 Å². The zero-order valence-electron chi connectivity index (χ0n) is 15.3. The molecule has 3 aromatic rings. The molecule has 1 aliphatic heterocycles. The first-order valence-corrected chi connectivity index (χ1v) is 9.30. The van der Waals surface area contributed by atoms with Gasteiger partial charge in [-0.25, -0.2) is 13.5 Å². The first-order valence-electron chi connectivity index (χ1n) is 9.30. The number of aromatic nitrogens is 2. The molecule has 2 amide bonds. The molecule has 146 valence electrons. The van der Waals surface area contributed by atoms with E-state index < -0.39 is 17.5 Å². The van der Waals surface area contributed by atoms with E-state index >= 15 is 0 Å². The Bertz CT molecular complexity index is 1190. The van der Waals surface area contributed by atoms with Gasteiger partial charge in [0, 0.05) is 35.1 Å². The van der Waals surface area contributed by atoms with E-state index in [-0.39, 0.29) is 11.6 Å². The van der Waals surface area contributed by atoms with E-state index in [0.29, 0.717) is 36.3 Å². The van der Waals surface area contributed by atoms with Crippen LogP contribution in [0.1, 0.15) is 44.1 Å². The summed E-state index contributed by atoms with van der Waals surface area (Å²) >= 11 is 0. The van der Waals surface area contributed by atoms with Gasteiger partial charge in [0.15, 0.2) is 17.3 Å². The molecule has 29 heavy (non-hydrogen) atoms. The monoisotopic (exact) mass is 394 g/mol. The number of halogens is 2. The van der Waals surface area contributed by atoms with Gasteiger partial charge in [-0.3, -0.25) is 9.59 Å². The zero-order valence-corrected chi connectivity index (χ0v) is 15.3. The van der Waals surface area contributed by atoms with Crippen LogP contribution in [0.2, 0.25) is 0 Å². The van der Waals surface area contributed by atoms with Crippen LogP contribution in [0.25, 0.3) is 5.69 Å². The lowest BCUT2D eigenvalue weighted by Crippen LogP contribution is -2.16. The van der Waals surface area contributed by atoms with Crippen molar-refractivity contribution in [3.8, 4) is 5.69 Å². The third-order valence-electron chi connectivity index (χ3n) is 5.34. The van der Waals surface area contributed by atoms with E-state index in [9.17, 15) is 18.4 Å². The Balaban J connectivity index is 1.49. The molecule has 8 heteroatoms. The third kappa shape index (κ3) is 2.88. The highest BCUT2D eigenvalue weighted by atomic mass is 19.2. The smallest absolute Gasteiger partial charge is 0.276 e. The quantitative estimate of drug-likeness (QED) is 0.717. The number of benzene rings is 2. The van der Waals surface area contributed by atoms with Crippen molar-refractivity contribution in [1.29, 1.82) is 0 Å². The summed E-state index contributed by atoms with van der Waals surface area (Å²) in [5.41, 5.74) is 4.19. The minimum absolute atomic E-state index is 0.167.